The van der Waals surface area contributed by atoms with Crippen LogP contribution in [-0.2, 0) is 11.3 Å². The van der Waals surface area contributed by atoms with Crippen molar-refractivity contribution < 1.29 is 9.53 Å². The van der Waals surface area contributed by atoms with E-state index in [1.54, 1.807) is 0 Å². The van der Waals surface area contributed by atoms with Crippen molar-refractivity contribution in [1.29, 1.82) is 0 Å². The summed E-state index contributed by atoms with van der Waals surface area (Å²) in [6, 6.07) is 16.1. The van der Waals surface area contributed by atoms with Gasteiger partial charge in [0, 0.05) is 12.0 Å². The number of fused-ring (bicyclic) bond motifs is 1. The first kappa shape index (κ1) is 21.9. The van der Waals surface area contributed by atoms with Crippen molar-refractivity contribution in [2.45, 2.75) is 60.0 Å². The third-order valence-corrected chi connectivity index (χ3v) is 5.13. The molecule has 2 aromatic carbocycles. The highest BCUT2D eigenvalue weighted by Gasteiger charge is 2.25. The summed E-state index contributed by atoms with van der Waals surface area (Å²) in [5.74, 6) is 1.84. The first-order valence-corrected chi connectivity index (χ1v) is 10.7. The van der Waals surface area contributed by atoms with Crippen LogP contribution in [0.4, 0.5) is 0 Å². The molecule has 30 heavy (non-hydrogen) atoms. The zero-order valence-corrected chi connectivity index (χ0v) is 18.7. The molecule has 0 saturated heterocycles. The minimum atomic E-state index is -0.432. The number of unbranched alkanes of at least 4 members (excludes halogenated alkanes) is 1. The molecule has 3 aromatic rings. The largest absolute Gasteiger partial charge is 0.494 e. The van der Waals surface area contributed by atoms with Gasteiger partial charge in [-0.05, 0) is 56.5 Å². The smallest absolute Gasteiger partial charge is 0.225 e. The number of imidazole rings is 1. The van der Waals surface area contributed by atoms with Gasteiger partial charge in [-0.25, -0.2) is 4.98 Å². The molecule has 0 saturated carbocycles. The van der Waals surface area contributed by atoms with Gasteiger partial charge in [-0.3, -0.25) is 4.79 Å². The van der Waals surface area contributed by atoms with Gasteiger partial charge < -0.3 is 14.6 Å². The molecule has 3 rings (SSSR count). The van der Waals surface area contributed by atoms with Crippen LogP contribution in [0.25, 0.3) is 11.0 Å². The number of aromatic nitrogens is 2. The lowest BCUT2D eigenvalue weighted by Gasteiger charge is -2.22. The lowest BCUT2D eigenvalue weighted by atomic mass is 9.95. The van der Waals surface area contributed by atoms with E-state index in [0.717, 1.165) is 42.0 Å². The van der Waals surface area contributed by atoms with Gasteiger partial charge in [-0.1, -0.05) is 45.0 Å². The number of carbonyl (C=O) groups is 1. The number of hydrogen-bond acceptors (Lipinski definition) is 3. The molecule has 5 heteroatoms. The minimum Gasteiger partial charge on any atom is -0.494 e. The molecule has 5 nitrogen and oxygen atoms in total. The van der Waals surface area contributed by atoms with Gasteiger partial charge in [0.1, 0.15) is 11.6 Å². The minimum absolute atomic E-state index is 0.0279. The number of rotatable bonds is 8. The molecule has 160 valence electrons. The second-order valence-electron chi connectivity index (χ2n) is 8.93. The highest BCUT2D eigenvalue weighted by molar-refractivity contribution is 5.82. The molecule has 0 spiro atoms. The average Bonchev–Trinajstić information content (AvgIpc) is 3.06. The Balaban J connectivity index is 1.66. The van der Waals surface area contributed by atoms with E-state index in [1.807, 2.05) is 58.0 Å². The van der Waals surface area contributed by atoms with Gasteiger partial charge in [0.05, 0.1) is 23.7 Å². The van der Waals surface area contributed by atoms with Crippen molar-refractivity contribution in [2.24, 2.45) is 5.41 Å². The van der Waals surface area contributed by atoms with Crippen molar-refractivity contribution in [2.75, 3.05) is 6.61 Å². The summed E-state index contributed by atoms with van der Waals surface area (Å²) >= 11 is 0. The molecular formula is C25H33N3O2. The summed E-state index contributed by atoms with van der Waals surface area (Å²) in [6.07, 6.45) is 1.92. The molecule has 0 radical (unpaired) electrons. The van der Waals surface area contributed by atoms with Gasteiger partial charge in [0.2, 0.25) is 5.91 Å². The SMILES string of the molecule is Cc1cccc(OCCCCn2c(C(C)NC(=O)C(C)(C)C)nc3ccccc32)c1. The maximum absolute atomic E-state index is 12.5. The lowest BCUT2D eigenvalue weighted by Crippen LogP contribution is -2.37. The summed E-state index contributed by atoms with van der Waals surface area (Å²) in [5.41, 5.74) is 2.83. The fourth-order valence-corrected chi connectivity index (χ4v) is 3.40. The normalized spacial score (nSPS) is 12.7. The second kappa shape index (κ2) is 9.33. The molecule has 0 aliphatic heterocycles. The molecule has 1 N–H and O–H groups in total. The zero-order valence-electron chi connectivity index (χ0n) is 18.7. The van der Waals surface area contributed by atoms with E-state index in [-0.39, 0.29) is 11.9 Å². The zero-order chi connectivity index (χ0) is 21.7. The van der Waals surface area contributed by atoms with Gasteiger partial charge in [0.15, 0.2) is 0 Å². The van der Waals surface area contributed by atoms with Crippen molar-refractivity contribution in [3.8, 4) is 5.75 Å². The van der Waals surface area contributed by atoms with E-state index in [0.29, 0.717) is 6.61 Å². The molecular weight excluding hydrogens is 374 g/mol. The van der Waals surface area contributed by atoms with Gasteiger partial charge in [-0.15, -0.1) is 0 Å². The lowest BCUT2D eigenvalue weighted by molar-refractivity contribution is -0.129. The molecule has 1 unspecified atom stereocenters. The highest BCUT2D eigenvalue weighted by Crippen LogP contribution is 2.23. The summed E-state index contributed by atoms with van der Waals surface area (Å²) in [6.45, 7) is 11.4. The number of aryl methyl sites for hydroxylation is 2. The Hall–Kier alpha value is -2.82. The first-order chi connectivity index (χ1) is 14.3. The van der Waals surface area contributed by atoms with Crippen LogP contribution in [0, 0.1) is 12.3 Å². The Bertz CT molecular complexity index is 1000. The quantitative estimate of drug-likeness (QED) is 0.507. The molecule has 1 heterocycles. The van der Waals surface area contributed by atoms with Crippen molar-refractivity contribution >= 4 is 16.9 Å². The predicted molar refractivity (Wildman–Crippen MR) is 122 cm³/mol. The maximum Gasteiger partial charge on any atom is 0.225 e. The number of carbonyl (C=O) groups excluding carboxylic acids is 1. The van der Waals surface area contributed by atoms with Crippen molar-refractivity contribution in [1.82, 2.24) is 14.9 Å². The summed E-state index contributed by atoms with van der Waals surface area (Å²) in [7, 11) is 0. The standard InChI is InChI=1S/C25H33N3O2/c1-18-11-10-12-20(17-18)30-16-9-8-15-28-22-14-7-6-13-21(22)27-23(28)19(2)26-24(29)25(3,4)5/h6-7,10-14,17,19H,8-9,15-16H2,1-5H3,(H,26,29). The van der Waals surface area contributed by atoms with Crippen LogP contribution in [0.15, 0.2) is 48.5 Å². The van der Waals surface area contributed by atoms with E-state index < -0.39 is 5.41 Å². The summed E-state index contributed by atoms with van der Waals surface area (Å²) in [4.78, 5) is 17.3. The maximum atomic E-state index is 12.5. The van der Waals surface area contributed by atoms with Gasteiger partial charge in [-0.2, -0.15) is 0 Å². The third kappa shape index (κ3) is 5.41. The molecule has 0 aliphatic rings. The average molecular weight is 408 g/mol. The number of ether oxygens (including phenoxy) is 1. The van der Waals surface area contributed by atoms with E-state index >= 15 is 0 Å². The fraction of sp³-hybridized carbons (Fsp3) is 0.440. The molecule has 0 bridgehead atoms. The number of para-hydroxylation sites is 2. The second-order valence-corrected chi connectivity index (χ2v) is 8.93. The molecule has 0 fully saturated rings. The summed E-state index contributed by atoms with van der Waals surface area (Å²) in [5, 5.41) is 3.12. The number of nitrogens with one attached hydrogen (secondary N) is 1. The monoisotopic (exact) mass is 407 g/mol. The molecule has 1 aromatic heterocycles. The van der Waals surface area contributed by atoms with Gasteiger partial charge in [0.25, 0.3) is 0 Å². The molecule has 0 aliphatic carbocycles. The van der Waals surface area contributed by atoms with Crippen LogP contribution in [0.5, 0.6) is 5.75 Å². The van der Waals surface area contributed by atoms with Crippen LogP contribution in [0.2, 0.25) is 0 Å². The topological polar surface area (TPSA) is 56.1 Å². The number of benzene rings is 2. The van der Waals surface area contributed by atoms with Crippen LogP contribution >= 0.6 is 0 Å². The summed E-state index contributed by atoms with van der Waals surface area (Å²) < 4.78 is 8.11. The van der Waals surface area contributed by atoms with Crippen molar-refractivity contribution in [3.05, 3.63) is 59.9 Å². The Morgan fingerprint density at radius 2 is 1.90 bits per heavy atom. The number of hydrogen-bond donors (Lipinski definition) is 1. The fourth-order valence-electron chi connectivity index (χ4n) is 3.40. The van der Waals surface area contributed by atoms with Crippen LogP contribution in [0.3, 0.4) is 0 Å². The van der Waals surface area contributed by atoms with Crippen LogP contribution < -0.4 is 10.1 Å². The van der Waals surface area contributed by atoms with Crippen LogP contribution in [-0.4, -0.2) is 22.1 Å². The number of nitrogens with zero attached hydrogens (tertiary/aromatic N) is 2. The van der Waals surface area contributed by atoms with E-state index in [2.05, 4.69) is 35.0 Å². The Morgan fingerprint density at radius 3 is 2.63 bits per heavy atom. The Kier molecular flexibility index (Phi) is 6.80. The van der Waals surface area contributed by atoms with E-state index in [4.69, 9.17) is 9.72 Å². The van der Waals surface area contributed by atoms with E-state index in [1.165, 1.54) is 5.56 Å². The Labute approximate surface area is 179 Å². The predicted octanol–water partition coefficient (Wildman–Crippen LogP) is 5.43. The highest BCUT2D eigenvalue weighted by atomic mass is 16.5. The van der Waals surface area contributed by atoms with Gasteiger partial charge >= 0.3 is 0 Å². The molecule has 1 atom stereocenters. The number of amides is 1. The van der Waals surface area contributed by atoms with Crippen LogP contribution in [0.1, 0.15) is 58.0 Å². The first-order valence-electron chi connectivity index (χ1n) is 10.7. The van der Waals surface area contributed by atoms with E-state index in [9.17, 15) is 4.79 Å². The third-order valence-electron chi connectivity index (χ3n) is 5.13. The molecule has 1 amide bonds. The Morgan fingerprint density at radius 1 is 1.13 bits per heavy atom. The van der Waals surface area contributed by atoms with Crippen molar-refractivity contribution in [3.63, 3.8) is 0 Å².